The van der Waals surface area contributed by atoms with Crippen LogP contribution in [0.2, 0.25) is 5.02 Å². The van der Waals surface area contributed by atoms with E-state index >= 15 is 0 Å². The fourth-order valence-electron chi connectivity index (χ4n) is 1.30. The third kappa shape index (κ3) is 3.66. The second-order valence-electron chi connectivity index (χ2n) is 3.26. The molecule has 0 radical (unpaired) electrons. The number of rotatable bonds is 5. The van der Waals surface area contributed by atoms with Gasteiger partial charge >= 0.3 is 0 Å². The zero-order valence-electron chi connectivity index (χ0n) is 8.33. The van der Waals surface area contributed by atoms with Crippen molar-refractivity contribution in [3.8, 4) is 0 Å². The summed E-state index contributed by atoms with van der Waals surface area (Å²) in [6.45, 7) is 3.50. The van der Waals surface area contributed by atoms with Crippen molar-refractivity contribution in [2.24, 2.45) is 0 Å². The highest BCUT2D eigenvalue weighted by Crippen LogP contribution is 2.16. The Kier molecular flexibility index (Phi) is 4.94. The maximum atomic E-state index is 9.64. The zero-order valence-corrected chi connectivity index (χ0v) is 9.09. The molecule has 78 valence electrons. The van der Waals surface area contributed by atoms with Crippen molar-refractivity contribution in [1.29, 1.82) is 0 Å². The van der Waals surface area contributed by atoms with E-state index in [1.54, 1.807) is 0 Å². The number of likely N-dealkylation sites (N-methyl/N-ethyl adjacent to an activating group) is 1. The quantitative estimate of drug-likeness (QED) is 0.783. The van der Waals surface area contributed by atoms with E-state index in [2.05, 4.69) is 5.32 Å². The van der Waals surface area contributed by atoms with Crippen molar-refractivity contribution in [2.75, 3.05) is 13.1 Å². The molecule has 0 heterocycles. The molecule has 0 aromatic heterocycles. The van der Waals surface area contributed by atoms with Crippen molar-refractivity contribution in [1.82, 2.24) is 5.32 Å². The molecule has 1 unspecified atom stereocenters. The topological polar surface area (TPSA) is 32.3 Å². The van der Waals surface area contributed by atoms with Gasteiger partial charge in [-0.1, -0.05) is 36.7 Å². The number of hydrogen-bond donors (Lipinski definition) is 2. The van der Waals surface area contributed by atoms with Crippen LogP contribution in [0, 0.1) is 0 Å². The van der Waals surface area contributed by atoms with Gasteiger partial charge in [0.15, 0.2) is 0 Å². The Hall–Kier alpha value is -0.570. The summed E-state index contributed by atoms with van der Waals surface area (Å²) in [5.41, 5.74) is 1.000. The molecule has 0 saturated carbocycles. The molecule has 0 saturated heterocycles. The predicted molar refractivity (Wildman–Crippen MR) is 59.7 cm³/mol. The Balaban J connectivity index is 2.47. The maximum absolute atomic E-state index is 9.64. The number of benzene rings is 1. The Morgan fingerprint density at radius 3 is 2.79 bits per heavy atom. The van der Waals surface area contributed by atoms with E-state index in [9.17, 15) is 5.11 Å². The molecular weight excluding hydrogens is 198 g/mol. The van der Waals surface area contributed by atoms with E-state index in [4.69, 9.17) is 11.6 Å². The average molecular weight is 214 g/mol. The lowest BCUT2D eigenvalue weighted by molar-refractivity contribution is 0.173. The van der Waals surface area contributed by atoms with Crippen LogP contribution < -0.4 is 5.32 Å². The standard InChI is InChI=1S/C11H16ClNO/c1-2-13-8-10(14)7-9-5-3-4-6-11(9)12/h3-6,10,13-14H,2,7-8H2,1H3. The summed E-state index contributed by atoms with van der Waals surface area (Å²) >= 11 is 5.97. The molecule has 0 aliphatic heterocycles. The van der Waals surface area contributed by atoms with E-state index in [1.807, 2.05) is 31.2 Å². The summed E-state index contributed by atoms with van der Waals surface area (Å²) in [7, 11) is 0. The number of halogens is 1. The molecule has 0 fully saturated rings. The molecule has 2 nitrogen and oxygen atoms in total. The lowest BCUT2D eigenvalue weighted by atomic mass is 10.1. The summed E-state index contributed by atoms with van der Waals surface area (Å²) in [6, 6.07) is 7.61. The van der Waals surface area contributed by atoms with Gasteiger partial charge in [-0.25, -0.2) is 0 Å². The van der Waals surface area contributed by atoms with Crippen LogP contribution >= 0.6 is 11.6 Å². The van der Waals surface area contributed by atoms with Gasteiger partial charge in [-0.3, -0.25) is 0 Å². The minimum absolute atomic E-state index is 0.366. The van der Waals surface area contributed by atoms with Gasteiger partial charge in [0.25, 0.3) is 0 Å². The molecule has 0 aliphatic carbocycles. The van der Waals surface area contributed by atoms with Crippen molar-refractivity contribution in [3.63, 3.8) is 0 Å². The van der Waals surface area contributed by atoms with Gasteiger partial charge in [0.2, 0.25) is 0 Å². The van der Waals surface area contributed by atoms with Gasteiger partial charge in [-0.05, 0) is 18.2 Å². The van der Waals surface area contributed by atoms with Crippen LogP contribution in [0.25, 0.3) is 0 Å². The first-order valence-electron chi connectivity index (χ1n) is 4.86. The molecule has 2 N–H and O–H groups in total. The Bertz CT molecular complexity index is 278. The summed E-state index contributed by atoms with van der Waals surface area (Å²) in [5, 5.41) is 13.5. The van der Waals surface area contributed by atoms with Gasteiger partial charge < -0.3 is 10.4 Å². The third-order valence-corrected chi connectivity index (χ3v) is 2.41. The van der Waals surface area contributed by atoms with Crippen LogP contribution in [0.3, 0.4) is 0 Å². The third-order valence-electron chi connectivity index (χ3n) is 2.04. The zero-order chi connectivity index (χ0) is 10.4. The highest BCUT2D eigenvalue weighted by Gasteiger charge is 2.06. The van der Waals surface area contributed by atoms with Crippen molar-refractivity contribution >= 4 is 11.6 Å². The summed E-state index contributed by atoms with van der Waals surface area (Å²) < 4.78 is 0. The van der Waals surface area contributed by atoms with E-state index in [1.165, 1.54) is 0 Å². The minimum atomic E-state index is -0.366. The van der Waals surface area contributed by atoms with E-state index in [0.717, 1.165) is 17.1 Å². The lowest BCUT2D eigenvalue weighted by Crippen LogP contribution is -2.28. The van der Waals surface area contributed by atoms with Gasteiger partial charge in [0.1, 0.15) is 0 Å². The Morgan fingerprint density at radius 1 is 1.43 bits per heavy atom. The molecule has 0 aliphatic rings. The predicted octanol–water partition coefficient (Wildman–Crippen LogP) is 1.85. The first kappa shape index (κ1) is 11.5. The van der Waals surface area contributed by atoms with Crippen LogP contribution in [-0.2, 0) is 6.42 Å². The Labute approximate surface area is 89.9 Å². The van der Waals surface area contributed by atoms with Crippen molar-refractivity contribution in [3.05, 3.63) is 34.9 Å². The van der Waals surface area contributed by atoms with E-state index in [-0.39, 0.29) is 6.10 Å². The summed E-state index contributed by atoms with van der Waals surface area (Å²) in [6.07, 6.45) is 0.238. The minimum Gasteiger partial charge on any atom is -0.391 e. The van der Waals surface area contributed by atoms with Gasteiger partial charge in [0, 0.05) is 18.0 Å². The molecule has 1 atom stereocenters. The van der Waals surface area contributed by atoms with Crippen molar-refractivity contribution < 1.29 is 5.11 Å². The number of aliphatic hydroxyl groups excluding tert-OH is 1. The maximum Gasteiger partial charge on any atom is 0.0705 e. The molecule has 1 aromatic carbocycles. The van der Waals surface area contributed by atoms with Crippen LogP contribution in [-0.4, -0.2) is 24.3 Å². The number of aliphatic hydroxyl groups is 1. The Morgan fingerprint density at radius 2 is 2.14 bits per heavy atom. The lowest BCUT2D eigenvalue weighted by Gasteiger charge is -2.11. The molecule has 1 aromatic rings. The van der Waals surface area contributed by atoms with Gasteiger partial charge in [-0.2, -0.15) is 0 Å². The smallest absolute Gasteiger partial charge is 0.0705 e. The SMILES string of the molecule is CCNCC(O)Cc1ccccc1Cl. The molecule has 1 rings (SSSR count). The molecular formula is C11H16ClNO. The van der Waals surface area contributed by atoms with E-state index < -0.39 is 0 Å². The second kappa shape index (κ2) is 6.02. The van der Waals surface area contributed by atoms with Crippen LogP contribution in [0.1, 0.15) is 12.5 Å². The van der Waals surface area contributed by atoms with Gasteiger partial charge in [0.05, 0.1) is 6.10 Å². The second-order valence-corrected chi connectivity index (χ2v) is 3.66. The van der Waals surface area contributed by atoms with Crippen LogP contribution in [0.4, 0.5) is 0 Å². The normalized spacial score (nSPS) is 12.8. The average Bonchev–Trinajstić information content (AvgIpc) is 2.18. The van der Waals surface area contributed by atoms with E-state index in [0.29, 0.717) is 13.0 Å². The van der Waals surface area contributed by atoms with Crippen molar-refractivity contribution in [2.45, 2.75) is 19.4 Å². The number of nitrogens with one attached hydrogen (secondary N) is 1. The van der Waals surface area contributed by atoms with Crippen LogP contribution in [0.5, 0.6) is 0 Å². The van der Waals surface area contributed by atoms with Crippen LogP contribution in [0.15, 0.2) is 24.3 Å². The fraction of sp³-hybridized carbons (Fsp3) is 0.455. The number of hydrogen-bond acceptors (Lipinski definition) is 2. The monoisotopic (exact) mass is 213 g/mol. The molecule has 0 bridgehead atoms. The first-order valence-corrected chi connectivity index (χ1v) is 5.24. The highest BCUT2D eigenvalue weighted by atomic mass is 35.5. The fourth-order valence-corrected chi connectivity index (χ4v) is 1.51. The highest BCUT2D eigenvalue weighted by molar-refractivity contribution is 6.31. The largest absolute Gasteiger partial charge is 0.391 e. The van der Waals surface area contributed by atoms with Gasteiger partial charge in [-0.15, -0.1) is 0 Å². The summed E-state index contributed by atoms with van der Waals surface area (Å²) in [4.78, 5) is 0. The molecule has 0 amide bonds. The molecule has 3 heteroatoms. The summed E-state index contributed by atoms with van der Waals surface area (Å²) in [5.74, 6) is 0. The molecule has 0 spiro atoms. The first-order chi connectivity index (χ1) is 6.74. The molecule has 14 heavy (non-hydrogen) atoms.